The van der Waals surface area contributed by atoms with Crippen molar-refractivity contribution in [1.29, 1.82) is 0 Å². The third-order valence-electron chi connectivity index (χ3n) is 4.65. The van der Waals surface area contributed by atoms with Gasteiger partial charge in [-0.2, -0.15) is 0 Å². The minimum Gasteiger partial charge on any atom is -0.341 e. The molecule has 0 saturated carbocycles. The zero-order valence-electron chi connectivity index (χ0n) is 15.7. The van der Waals surface area contributed by atoms with E-state index in [4.69, 9.17) is 23.2 Å². The molecule has 2 aromatic rings. The Kier molecular flexibility index (Phi) is 7.52. The standard InChI is InChI=1S/C20H21Cl2N3O3S/c21-14-2-4-15(5-3-14)23-20(28)25-11-1-10-24(12-13-25)19(27)9-6-16(26)17-7-8-18(22)29-17/h2-5,7-8H,1,6,9-13H2,(H,23,28). The lowest BCUT2D eigenvalue weighted by molar-refractivity contribution is -0.131. The first-order chi connectivity index (χ1) is 13.9. The summed E-state index contributed by atoms with van der Waals surface area (Å²) in [6, 6.07) is 10.1. The summed E-state index contributed by atoms with van der Waals surface area (Å²) < 4.78 is 0.559. The number of carbonyl (C=O) groups is 3. The maximum absolute atomic E-state index is 12.5. The molecule has 154 valence electrons. The number of nitrogens with zero attached hydrogens (tertiary/aromatic N) is 2. The molecule has 0 atom stereocenters. The molecule has 0 bridgehead atoms. The monoisotopic (exact) mass is 453 g/mol. The smallest absolute Gasteiger partial charge is 0.321 e. The van der Waals surface area contributed by atoms with E-state index in [1.165, 1.54) is 11.3 Å². The molecule has 1 aromatic heterocycles. The van der Waals surface area contributed by atoms with E-state index >= 15 is 0 Å². The molecule has 6 nitrogen and oxygen atoms in total. The number of urea groups is 1. The number of halogens is 2. The molecule has 1 aliphatic heterocycles. The summed E-state index contributed by atoms with van der Waals surface area (Å²) in [6.45, 7) is 2.03. The number of amides is 3. The van der Waals surface area contributed by atoms with Gasteiger partial charge in [-0.15, -0.1) is 11.3 Å². The Morgan fingerprint density at radius 1 is 0.897 bits per heavy atom. The lowest BCUT2D eigenvalue weighted by Gasteiger charge is -2.22. The topological polar surface area (TPSA) is 69.7 Å². The van der Waals surface area contributed by atoms with E-state index in [1.807, 2.05) is 0 Å². The molecule has 0 spiro atoms. The van der Waals surface area contributed by atoms with Crippen LogP contribution in [0, 0.1) is 0 Å². The lowest BCUT2D eigenvalue weighted by atomic mass is 10.2. The van der Waals surface area contributed by atoms with Gasteiger partial charge in [-0.05, 0) is 42.8 Å². The van der Waals surface area contributed by atoms with Crippen molar-refractivity contribution in [2.24, 2.45) is 0 Å². The van der Waals surface area contributed by atoms with Gasteiger partial charge in [0.15, 0.2) is 5.78 Å². The van der Waals surface area contributed by atoms with Gasteiger partial charge in [-0.25, -0.2) is 4.79 Å². The van der Waals surface area contributed by atoms with Crippen LogP contribution in [0.5, 0.6) is 0 Å². The van der Waals surface area contributed by atoms with E-state index in [-0.39, 0.29) is 30.6 Å². The summed E-state index contributed by atoms with van der Waals surface area (Å²) in [4.78, 5) is 41.1. The number of rotatable bonds is 5. The third kappa shape index (κ3) is 6.19. The van der Waals surface area contributed by atoms with Crippen molar-refractivity contribution in [3.8, 4) is 0 Å². The second kappa shape index (κ2) is 10.1. The van der Waals surface area contributed by atoms with Crippen LogP contribution in [0.3, 0.4) is 0 Å². The number of ketones is 1. The highest BCUT2D eigenvalue weighted by molar-refractivity contribution is 7.18. The van der Waals surface area contributed by atoms with Crippen molar-refractivity contribution >= 4 is 57.9 Å². The molecule has 3 rings (SSSR count). The summed E-state index contributed by atoms with van der Waals surface area (Å²) >= 11 is 12.9. The molecule has 9 heteroatoms. The van der Waals surface area contributed by atoms with Crippen molar-refractivity contribution in [3.63, 3.8) is 0 Å². The summed E-state index contributed by atoms with van der Waals surface area (Å²) in [5, 5.41) is 3.45. The van der Waals surface area contributed by atoms with Crippen molar-refractivity contribution in [1.82, 2.24) is 9.80 Å². The average molecular weight is 454 g/mol. The molecule has 1 saturated heterocycles. The highest BCUT2D eigenvalue weighted by Crippen LogP contribution is 2.23. The van der Waals surface area contributed by atoms with Gasteiger partial charge in [-0.3, -0.25) is 9.59 Å². The van der Waals surface area contributed by atoms with Crippen LogP contribution in [0.2, 0.25) is 9.36 Å². The number of benzene rings is 1. The first-order valence-corrected chi connectivity index (χ1v) is 10.9. The summed E-state index contributed by atoms with van der Waals surface area (Å²) in [5.74, 6) is -0.144. The van der Waals surface area contributed by atoms with Crippen molar-refractivity contribution in [3.05, 3.63) is 50.6 Å². The molecule has 1 aliphatic rings. The van der Waals surface area contributed by atoms with Crippen LogP contribution < -0.4 is 5.32 Å². The van der Waals surface area contributed by atoms with E-state index in [0.717, 1.165) is 0 Å². The van der Waals surface area contributed by atoms with Crippen LogP contribution in [-0.2, 0) is 4.79 Å². The summed E-state index contributed by atoms with van der Waals surface area (Å²) in [6.07, 6.45) is 1.01. The molecule has 0 aliphatic carbocycles. The molecule has 1 aromatic carbocycles. The van der Waals surface area contributed by atoms with Crippen LogP contribution >= 0.6 is 34.5 Å². The maximum Gasteiger partial charge on any atom is 0.321 e. The molecular formula is C20H21Cl2N3O3S. The first kappa shape index (κ1) is 21.6. The van der Waals surface area contributed by atoms with E-state index in [1.54, 1.807) is 46.2 Å². The molecule has 29 heavy (non-hydrogen) atoms. The number of carbonyl (C=O) groups excluding carboxylic acids is 3. The molecule has 3 amide bonds. The molecule has 1 N–H and O–H groups in total. The second-order valence-electron chi connectivity index (χ2n) is 6.69. The first-order valence-electron chi connectivity index (χ1n) is 9.30. The number of nitrogens with one attached hydrogen (secondary N) is 1. The van der Waals surface area contributed by atoms with Gasteiger partial charge in [-0.1, -0.05) is 23.2 Å². The quantitative estimate of drug-likeness (QED) is 0.661. The van der Waals surface area contributed by atoms with E-state index in [0.29, 0.717) is 52.5 Å². The van der Waals surface area contributed by atoms with Crippen LogP contribution in [0.4, 0.5) is 10.5 Å². The largest absolute Gasteiger partial charge is 0.341 e. The zero-order chi connectivity index (χ0) is 20.8. The van der Waals surface area contributed by atoms with Gasteiger partial charge < -0.3 is 15.1 Å². The van der Waals surface area contributed by atoms with Crippen LogP contribution in [-0.4, -0.2) is 53.7 Å². The Morgan fingerprint density at radius 2 is 1.59 bits per heavy atom. The second-order valence-corrected chi connectivity index (χ2v) is 8.84. The fraction of sp³-hybridized carbons (Fsp3) is 0.350. The zero-order valence-corrected chi connectivity index (χ0v) is 18.0. The number of hydrogen-bond donors (Lipinski definition) is 1. The van der Waals surface area contributed by atoms with Gasteiger partial charge in [0, 0.05) is 49.7 Å². The number of Topliss-reactive ketones (excluding diaryl/α,β-unsaturated/α-hetero) is 1. The molecule has 2 heterocycles. The number of hydrogen-bond acceptors (Lipinski definition) is 4. The SMILES string of the molecule is O=C(CCC(=O)N1CCCN(C(=O)Nc2ccc(Cl)cc2)CC1)c1ccc(Cl)s1. The Bertz CT molecular complexity index is 885. The van der Waals surface area contributed by atoms with Crippen LogP contribution in [0.1, 0.15) is 28.9 Å². The van der Waals surface area contributed by atoms with Gasteiger partial charge in [0.25, 0.3) is 0 Å². The molecule has 1 fully saturated rings. The van der Waals surface area contributed by atoms with Crippen molar-refractivity contribution < 1.29 is 14.4 Å². The summed E-state index contributed by atoms with van der Waals surface area (Å²) in [5.41, 5.74) is 0.670. The molecule has 0 radical (unpaired) electrons. The van der Waals surface area contributed by atoms with Gasteiger partial charge in [0.2, 0.25) is 5.91 Å². The fourth-order valence-electron chi connectivity index (χ4n) is 3.07. The van der Waals surface area contributed by atoms with Crippen molar-refractivity contribution in [2.75, 3.05) is 31.5 Å². The average Bonchev–Trinajstić information content (AvgIpc) is 2.99. The Labute approximate surface area is 183 Å². The highest BCUT2D eigenvalue weighted by atomic mass is 35.5. The minimum atomic E-state index is -0.202. The predicted octanol–water partition coefficient (Wildman–Crippen LogP) is 4.78. The maximum atomic E-state index is 12.5. The van der Waals surface area contributed by atoms with E-state index in [9.17, 15) is 14.4 Å². The van der Waals surface area contributed by atoms with Crippen molar-refractivity contribution in [2.45, 2.75) is 19.3 Å². The summed E-state index contributed by atoms with van der Waals surface area (Å²) in [7, 11) is 0. The van der Waals surface area contributed by atoms with E-state index < -0.39 is 0 Å². The minimum absolute atomic E-state index is 0.0686. The number of thiophene rings is 1. The Balaban J connectivity index is 1.47. The van der Waals surface area contributed by atoms with Crippen LogP contribution in [0.15, 0.2) is 36.4 Å². The lowest BCUT2D eigenvalue weighted by Crippen LogP contribution is -2.39. The molecule has 0 unspecified atom stereocenters. The van der Waals surface area contributed by atoms with Gasteiger partial charge in [0.1, 0.15) is 0 Å². The van der Waals surface area contributed by atoms with Crippen LogP contribution in [0.25, 0.3) is 0 Å². The third-order valence-corrected chi connectivity index (χ3v) is 6.17. The van der Waals surface area contributed by atoms with E-state index in [2.05, 4.69) is 5.32 Å². The van der Waals surface area contributed by atoms with Gasteiger partial charge in [0.05, 0.1) is 9.21 Å². The fourth-order valence-corrected chi connectivity index (χ4v) is 4.21. The molecular weight excluding hydrogens is 433 g/mol. The Hall–Kier alpha value is -2.09. The highest BCUT2D eigenvalue weighted by Gasteiger charge is 2.22. The number of anilines is 1. The van der Waals surface area contributed by atoms with Gasteiger partial charge >= 0.3 is 6.03 Å². The normalized spacial score (nSPS) is 14.4. The Morgan fingerprint density at radius 3 is 2.28 bits per heavy atom. The predicted molar refractivity (Wildman–Crippen MR) is 116 cm³/mol.